The van der Waals surface area contributed by atoms with Gasteiger partial charge in [-0.15, -0.1) is 0 Å². The lowest BCUT2D eigenvalue weighted by Gasteiger charge is -2.21. The van der Waals surface area contributed by atoms with Crippen molar-refractivity contribution in [3.63, 3.8) is 0 Å². The Morgan fingerprint density at radius 1 is 1.39 bits per heavy atom. The van der Waals surface area contributed by atoms with Gasteiger partial charge in [0.25, 0.3) is 0 Å². The van der Waals surface area contributed by atoms with E-state index in [1.54, 1.807) is 12.1 Å². The predicted molar refractivity (Wildman–Crippen MR) is 72.4 cm³/mol. The van der Waals surface area contributed by atoms with Crippen LogP contribution in [0, 0.1) is 5.82 Å². The molecule has 0 fully saturated rings. The molecule has 3 nitrogen and oxygen atoms in total. The van der Waals surface area contributed by atoms with Crippen LogP contribution in [-0.2, 0) is 6.54 Å². The van der Waals surface area contributed by atoms with E-state index in [2.05, 4.69) is 31.1 Å². The Morgan fingerprint density at radius 3 is 2.67 bits per heavy atom. The summed E-state index contributed by atoms with van der Waals surface area (Å²) in [6, 6.07) is 5.48. The maximum Gasteiger partial charge on any atom is 0.131 e. The number of ether oxygens (including phenoxy) is 1. The number of hydrogen-bond donors (Lipinski definition) is 1. The number of methoxy groups -OCH3 is 1. The van der Waals surface area contributed by atoms with Crippen molar-refractivity contribution in [2.75, 3.05) is 27.2 Å². The minimum Gasteiger partial charge on any atom is -0.497 e. The molecule has 0 saturated carbocycles. The van der Waals surface area contributed by atoms with Crippen molar-refractivity contribution in [2.24, 2.45) is 0 Å². The number of likely N-dealkylation sites (N-methyl/N-ethyl adjacent to an activating group) is 1. The molecule has 1 aromatic rings. The van der Waals surface area contributed by atoms with Crippen LogP contribution >= 0.6 is 0 Å². The predicted octanol–water partition coefficient (Wildman–Crippen LogP) is 2.26. The molecule has 0 unspecified atom stereocenters. The number of halogens is 1. The van der Waals surface area contributed by atoms with Crippen LogP contribution in [0.3, 0.4) is 0 Å². The van der Waals surface area contributed by atoms with Gasteiger partial charge in [0.15, 0.2) is 0 Å². The molecule has 0 heterocycles. The molecule has 1 aromatic carbocycles. The van der Waals surface area contributed by atoms with Crippen LogP contribution < -0.4 is 10.1 Å². The highest BCUT2D eigenvalue weighted by atomic mass is 19.1. The van der Waals surface area contributed by atoms with Crippen molar-refractivity contribution in [3.8, 4) is 5.75 Å². The summed E-state index contributed by atoms with van der Waals surface area (Å²) in [6.45, 7) is 6.66. The smallest absolute Gasteiger partial charge is 0.131 e. The second-order valence-corrected chi connectivity index (χ2v) is 4.71. The number of nitrogens with one attached hydrogen (secondary N) is 1. The summed E-state index contributed by atoms with van der Waals surface area (Å²) < 4.78 is 18.6. The maximum absolute atomic E-state index is 13.6. The highest BCUT2D eigenvalue weighted by Crippen LogP contribution is 2.15. The average molecular weight is 254 g/mol. The third-order valence-corrected chi connectivity index (χ3v) is 3.10. The summed E-state index contributed by atoms with van der Waals surface area (Å²) in [5.41, 5.74) is 0.669. The Kier molecular flexibility index (Phi) is 6.09. The Morgan fingerprint density at radius 2 is 2.11 bits per heavy atom. The van der Waals surface area contributed by atoms with Gasteiger partial charge in [-0.3, -0.25) is 0 Å². The molecule has 0 aliphatic carbocycles. The number of rotatable bonds is 7. The summed E-state index contributed by atoms with van der Waals surface area (Å²) >= 11 is 0. The van der Waals surface area contributed by atoms with Gasteiger partial charge in [-0.05, 0) is 27.0 Å². The first-order valence-electron chi connectivity index (χ1n) is 6.28. The van der Waals surface area contributed by atoms with Crippen molar-refractivity contribution in [2.45, 2.75) is 26.4 Å². The second kappa shape index (κ2) is 7.34. The largest absolute Gasteiger partial charge is 0.497 e. The molecule has 0 atom stereocenters. The van der Waals surface area contributed by atoms with Crippen LogP contribution in [0.5, 0.6) is 5.75 Å². The van der Waals surface area contributed by atoms with Gasteiger partial charge in [0, 0.05) is 37.3 Å². The van der Waals surface area contributed by atoms with Crippen molar-refractivity contribution in [1.29, 1.82) is 0 Å². The number of hydrogen-bond acceptors (Lipinski definition) is 3. The van der Waals surface area contributed by atoms with Crippen LogP contribution in [0.4, 0.5) is 4.39 Å². The first-order valence-corrected chi connectivity index (χ1v) is 6.28. The minimum atomic E-state index is -0.223. The van der Waals surface area contributed by atoms with Crippen molar-refractivity contribution >= 4 is 0 Å². The minimum absolute atomic E-state index is 0.223. The van der Waals surface area contributed by atoms with E-state index < -0.39 is 0 Å². The highest BCUT2D eigenvalue weighted by Gasteiger charge is 2.05. The lowest BCUT2D eigenvalue weighted by atomic mass is 10.2. The zero-order chi connectivity index (χ0) is 13.5. The number of benzene rings is 1. The van der Waals surface area contributed by atoms with E-state index in [0.29, 0.717) is 23.9 Å². The van der Waals surface area contributed by atoms with E-state index in [1.165, 1.54) is 13.2 Å². The fraction of sp³-hybridized carbons (Fsp3) is 0.571. The van der Waals surface area contributed by atoms with E-state index >= 15 is 0 Å². The fourth-order valence-electron chi connectivity index (χ4n) is 1.54. The molecule has 0 bridgehead atoms. The molecule has 0 radical (unpaired) electrons. The molecular formula is C14H23FN2O. The molecule has 102 valence electrons. The van der Waals surface area contributed by atoms with Crippen molar-refractivity contribution in [3.05, 3.63) is 29.6 Å². The molecule has 0 aromatic heterocycles. The van der Waals surface area contributed by atoms with Crippen LogP contribution in [0.25, 0.3) is 0 Å². The Balaban J connectivity index is 2.35. The first kappa shape index (κ1) is 14.9. The van der Waals surface area contributed by atoms with E-state index in [4.69, 9.17) is 4.74 Å². The fourth-order valence-corrected chi connectivity index (χ4v) is 1.54. The van der Waals surface area contributed by atoms with Gasteiger partial charge < -0.3 is 15.0 Å². The molecule has 1 rings (SSSR count). The zero-order valence-corrected chi connectivity index (χ0v) is 11.7. The topological polar surface area (TPSA) is 24.5 Å². The molecule has 0 spiro atoms. The van der Waals surface area contributed by atoms with Gasteiger partial charge >= 0.3 is 0 Å². The van der Waals surface area contributed by atoms with Crippen LogP contribution in [0.2, 0.25) is 0 Å². The summed E-state index contributed by atoms with van der Waals surface area (Å²) in [6.07, 6.45) is 0. The summed E-state index contributed by atoms with van der Waals surface area (Å²) in [4.78, 5) is 2.25. The summed E-state index contributed by atoms with van der Waals surface area (Å²) in [7, 11) is 3.62. The lowest BCUT2D eigenvalue weighted by Crippen LogP contribution is -2.33. The van der Waals surface area contributed by atoms with Gasteiger partial charge in [0.2, 0.25) is 0 Å². The standard InChI is InChI=1S/C14H23FN2O/c1-11(2)17(3)8-7-16-10-12-5-6-13(18-4)9-14(12)15/h5-6,9,11,16H,7-8,10H2,1-4H3. The second-order valence-electron chi connectivity index (χ2n) is 4.71. The van der Waals surface area contributed by atoms with E-state index in [1.807, 2.05) is 0 Å². The highest BCUT2D eigenvalue weighted by molar-refractivity contribution is 5.28. The third kappa shape index (κ3) is 4.63. The Hall–Kier alpha value is -1.13. The van der Waals surface area contributed by atoms with Gasteiger partial charge in [0.05, 0.1) is 7.11 Å². The van der Waals surface area contributed by atoms with Crippen LogP contribution in [0.15, 0.2) is 18.2 Å². The molecule has 4 heteroatoms. The lowest BCUT2D eigenvalue weighted by molar-refractivity contribution is 0.273. The van der Waals surface area contributed by atoms with Crippen LogP contribution in [0.1, 0.15) is 19.4 Å². The summed E-state index contributed by atoms with van der Waals surface area (Å²) in [5, 5.41) is 3.24. The molecule has 0 aliphatic rings. The Labute approximate surface area is 109 Å². The third-order valence-electron chi connectivity index (χ3n) is 3.10. The van der Waals surface area contributed by atoms with Gasteiger partial charge in [-0.1, -0.05) is 6.07 Å². The van der Waals surface area contributed by atoms with Gasteiger partial charge in [0.1, 0.15) is 11.6 Å². The van der Waals surface area contributed by atoms with Gasteiger partial charge in [-0.2, -0.15) is 0 Å². The SMILES string of the molecule is COc1ccc(CNCCN(C)C(C)C)c(F)c1. The molecule has 0 amide bonds. The van der Waals surface area contributed by atoms with E-state index in [-0.39, 0.29) is 5.82 Å². The van der Waals surface area contributed by atoms with Crippen molar-refractivity contribution < 1.29 is 9.13 Å². The van der Waals surface area contributed by atoms with E-state index in [0.717, 1.165) is 13.1 Å². The molecule has 0 saturated heterocycles. The monoisotopic (exact) mass is 254 g/mol. The van der Waals surface area contributed by atoms with Crippen molar-refractivity contribution in [1.82, 2.24) is 10.2 Å². The molecule has 18 heavy (non-hydrogen) atoms. The zero-order valence-electron chi connectivity index (χ0n) is 11.7. The Bertz CT molecular complexity index is 369. The molecule has 1 N–H and O–H groups in total. The normalized spacial score (nSPS) is 11.3. The summed E-state index contributed by atoms with van der Waals surface area (Å²) in [5.74, 6) is 0.329. The molecule has 0 aliphatic heterocycles. The first-order chi connectivity index (χ1) is 8.54. The quantitative estimate of drug-likeness (QED) is 0.755. The number of nitrogens with zero attached hydrogens (tertiary/aromatic N) is 1. The maximum atomic E-state index is 13.6. The molecular weight excluding hydrogens is 231 g/mol. The van der Waals surface area contributed by atoms with Crippen LogP contribution in [-0.4, -0.2) is 38.2 Å². The van der Waals surface area contributed by atoms with Gasteiger partial charge in [-0.25, -0.2) is 4.39 Å². The van der Waals surface area contributed by atoms with E-state index in [9.17, 15) is 4.39 Å². The average Bonchev–Trinajstić information content (AvgIpc) is 2.35.